The highest BCUT2D eigenvalue weighted by molar-refractivity contribution is 5.30. The van der Waals surface area contributed by atoms with Gasteiger partial charge in [-0.1, -0.05) is 36.4 Å². The summed E-state index contributed by atoms with van der Waals surface area (Å²) in [4.78, 5) is 0. The van der Waals surface area contributed by atoms with Gasteiger partial charge in [-0.05, 0) is 23.8 Å². The van der Waals surface area contributed by atoms with E-state index in [-0.39, 0.29) is 18.3 Å². The zero-order chi connectivity index (χ0) is 15.3. The van der Waals surface area contributed by atoms with Crippen LogP contribution in [0, 0.1) is 0 Å². The summed E-state index contributed by atoms with van der Waals surface area (Å²) < 4.78 is 43.3. The SMILES string of the molecule is NCC(COc1cccc(C(F)(F)F)c1)c1ccccc1. The van der Waals surface area contributed by atoms with Crippen molar-refractivity contribution >= 4 is 0 Å². The van der Waals surface area contributed by atoms with Gasteiger partial charge in [-0.25, -0.2) is 0 Å². The molecule has 1 atom stereocenters. The first kappa shape index (κ1) is 15.4. The average Bonchev–Trinajstić information content (AvgIpc) is 2.48. The molecule has 21 heavy (non-hydrogen) atoms. The summed E-state index contributed by atoms with van der Waals surface area (Å²) >= 11 is 0. The number of rotatable bonds is 5. The standard InChI is InChI=1S/C16H16F3NO/c17-16(18,19)14-7-4-8-15(9-14)21-11-13(10-20)12-5-2-1-3-6-12/h1-9,13H,10-11,20H2. The van der Waals surface area contributed by atoms with Gasteiger partial charge in [0.1, 0.15) is 5.75 Å². The van der Waals surface area contributed by atoms with Crippen LogP contribution in [0.3, 0.4) is 0 Å². The van der Waals surface area contributed by atoms with Gasteiger partial charge in [0.25, 0.3) is 0 Å². The molecule has 5 heteroatoms. The Morgan fingerprint density at radius 1 is 1.00 bits per heavy atom. The lowest BCUT2D eigenvalue weighted by molar-refractivity contribution is -0.137. The van der Waals surface area contributed by atoms with Crippen LogP contribution in [0.5, 0.6) is 5.75 Å². The number of nitrogens with two attached hydrogens (primary N) is 1. The molecule has 112 valence electrons. The minimum Gasteiger partial charge on any atom is -0.493 e. The summed E-state index contributed by atoms with van der Waals surface area (Å²) in [5.74, 6) is 0.139. The number of ether oxygens (including phenoxy) is 1. The first-order valence-electron chi connectivity index (χ1n) is 6.56. The van der Waals surface area contributed by atoms with Gasteiger partial charge < -0.3 is 10.5 Å². The Balaban J connectivity index is 2.05. The largest absolute Gasteiger partial charge is 0.493 e. The minimum atomic E-state index is -4.37. The molecule has 0 aliphatic heterocycles. The number of alkyl halides is 3. The van der Waals surface area contributed by atoms with Crippen LogP contribution in [-0.2, 0) is 6.18 Å². The van der Waals surface area contributed by atoms with Gasteiger partial charge in [-0.2, -0.15) is 13.2 Å². The highest BCUT2D eigenvalue weighted by Gasteiger charge is 2.30. The molecule has 2 nitrogen and oxygen atoms in total. The molecule has 0 fully saturated rings. The van der Waals surface area contributed by atoms with Gasteiger partial charge in [0.2, 0.25) is 0 Å². The minimum absolute atomic E-state index is 0.0549. The maximum atomic E-state index is 12.6. The lowest BCUT2D eigenvalue weighted by Crippen LogP contribution is -2.19. The maximum Gasteiger partial charge on any atom is 0.416 e. The first-order chi connectivity index (χ1) is 10.0. The second-order valence-corrected chi connectivity index (χ2v) is 4.68. The van der Waals surface area contributed by atoms with E-state index in [1.807, 2.05) is 30.3 Å². The molecule has 0 amide bonds. The normalized spacial score (nSPS) is 13.0. The second kappa shape index (κ2) is 6.63. The van der Waals surface area contributed by atoms with Crippen molar-refractivity contribution in [2.75, 3.05) is 13.2 Å². The van der Waals surface area contributed by atoms with Gasteiger partial charge in [0.05, 0.1) is 12.2 Å². The molecule has 0 radical (unpaired) electrons. The maximum absolute atomic E-state index is 12.6. The van der Waals surface area contributed by atoms with E-state index in [4.69, 9.17) is 10.5 Å². The van der Waals surface area contributed by atoms with Crippen molar-refractivity contribution in [3.63, 3.8) is 0 Å². The van der Waals surface area contributed by atoms with Crippen molar-refractivity contribution < 1.29 is 17.9 Å². The molecule has 2 rings (SSSR count). The Morgan fingerprint density at radius 3 is 2.33 bits per heavy atom. The molecule has 0 aliphatic carbocycles. The van der Waals surface area contributed by atoms with Crippen molar-refractivity contribution in [2.45, 2.75) is 12.1 Å². The van der Waals surface area contributed by atoms with Crippen molar-refractivity contribution in [1.29, 1.82) is 0 Å². The van der Waals surface area contributed by atoms with E-state index < -0.39 is 11.7 Å². The number of halogens is 3. The van der Waals surface area contributed by atoms with E-state index in [0.29, 0.717) is 6.54 Å². The molecule has 1 unspecified atom stereocenters. The smallest absolute Gasteiger partial charge is 0.416 e. The van der Waals surface area contributed by atoms with Gasteiger partial charge >= 0.3 is 6.18 Å². The summed E-state index contributed by atoms with van der Waals surface area (Å²) in [6, 6.07) is 14.4. The zero-order valence-electron chi connectivity index (χ0n) is 11.3. The lowest BCUT2D eigenvalue weighted by atomic mass is 10.0. The van der Waals surface area contributed by atoms with Crippen LogP contribution in [-0.4, -0.2) is 13.2 Å². The van der Waals surface area contributed by atoms with E-state index in [1.54, 1.807) is 0 Å². The van der Waals surface area contributed by atoms with E-state index in [9.17, 15) is 13.2 Å². The Hall–Kier alpha value is -2.01. The van der Waals surface area contributed by atoms with E-state index >= 15 is 0 Å². The zero-order valence-corrected chi connectivity index (χ0v) is 11.3. The Bertz CT molecular complexity index is 569. The van der Waals surface area contributed by atoms with Crippen LogP contribution in [0.1, 0.15) is 17.0 Å². The topological polar surface area (TPSA) is 35.2 Å². The predicted molar refractivity (Wildman–Crippen MR) is 75.2 cm³/mol. The molecule has 2 aromatic carbocycles. The molecule has 0 heterocycles. The summed E-state index contributed by atoms with van der Waals surface area (Å²) in [7, 11) is 0. The third kappa shape index (κ3) is 4.23. The molecule has 2 N–H and O–H groups in total. The third-order valence-corrected chi connectivity index (χ3v) is 3.17. The van der Waals surface area contributed by atoms with Gasteiger partial charge in [-0.15, -0.1) is 0 Å². The van der Waals surface area contributed by atoms with E-state index in [2.05, 4.69) is 0 Å². The van der Waals surface area contributed by atoms with Crippen molar-refractivity contribution in [3.8, 4) is 5.75 Å². The lowest BCUT2D eigenvalue weighted by Gasteiger charge is -2.17. The van der Waals surface area contributed by atoms with Crippen LogP contribution in [0.15, 0.2) is 54.6 Å². The van der Waals surface area contributed by atoms with Crippen LogP contribution >= 0.6 is 0 Å². The van der Waals surface area contributed by atoms with Crippen LogP contribution < -0.4 is 10.5 Å². The van der Waals surface area contributed by atoms with E-state index in [1.165, 1.54) is 12.1 Å². The highest BCUT2D eigenvalue weighted by atomic mass is 19.4. The molecule has 0 spiro atoms. The first-order valence-corrected chi connectivity index (χ1v) is 6.56. The number of hydrogen-bond donors (Lipinski definition) is 1. The van der Waals surface area contributed by atoms with Crippen LogP contribution in [0.4, 0.5) is 13.2 Å². The Labute approximate surface area is 121 Å². The molecule has 2 aromatic rings. The van der Waals surface area contributed by atoms with Gasteiger partial charge in [-0.3, -0.25) is 0 Å². The molecule has 0 saturated carbocycles. The number of benzene rings is 2. The van der Waals surface area contributed by atoms with Crippen molar-refractivity contribution in [1.82, 2.24) is 0 Å². The van der Waals surface area contributed by atoms with Crippen LogP contribution in [0.2, 0.25) is 0 Å². The fourth-order valence-electron chi connectivity index (χ4n) is 1.98. The second-order valence-electron chi connectivity index (χ2n) is 4.68. The van der Waals surface area contributed by atoms with Crippen molar-refractivity contribution in [3.05, 3.63) is 65.7 Å². The molecular formula is C16H16F3NO. The van der Waals surface area contributed by atoms with Gasteiger partial charge in [0.15, 0.2) is 0 Å². The average molecular weight is 295 g/mol. The predicted octanol–water partition coefficient (Wildman–Crippen LogP) is 3.83. The highest BCUT2D eigenvalue weighted by Crippen LogP contribution is 2.31. The monoisotopic (exact) mass is 295 g/mol. The molecule has 0 bridgehead atoms. The fourth-order valence-corrected chi connectivity index (χ4v) is 1.98. The van der Waals surface area contributed by atoms with E-state index in [0.717, 1.165) is 17.7 Å². The summed E-state index contributed by atoms with van der Waals surface area (Å²) in [5.41, 5.74) is 6.00. The Morgan fingerprint density at radius 2 is 1.71 bits per heavy atom. The third-order valence-electron chi connectivity index (χ3n) is 3.17. The van der Waals surface area contributed by atoms with Crippen molar-refractivity contribution in [2.24, 2.45) is 5.73 Å². The number of hydrogen-bond acceptors (Lipinski definition) is 2. The molecule has 0 aromatic heterocycles. The molecular weight excluding hydrogens is 279 g/mol. The quantitative estimate of drug-likeness (QED) is 0.910. The summed E-state index contributed by atoms with van der Waals surface area (Å²) in [6.45, 7) is 0.602. The molecule has 0 aliphatic rings. The van der Waals surface area contributed by atoms with Crippen LogP contribution in [0.25, 0.3) is 0 Å². The summed E-state index contributed by atoms with van der Waals surface area (Å²) in [6.07, 6.45) is -4.37. The Kier molecular flexibility index (Phi) is 4.85. The summed E-state index contributed by atoms with van der Waals surface area (Å²) in [5, 5.41) is 0. The fraction of sp³-hybridized carbons (Fsp3) is 0.250. The molecule has 0 saturated heterocycles. The van der Waals surface area contributed by atoms with Gasteiger partial charge in [0, 0.05) is 12.5 Å².